The van der Waals surface area contributed by atoms with Gasteiger partial charge in [-0.2, -0.15) is 31.6 Å². The summed E-state index contributed by atoms with van der Waals surface area (Å²) >= 11 is 1.58. The third-order valence-corrected chi connectivity index (χ3v) is 5.57. The number of carbonyl (C=O) groups is 4. The van der Waals surface area contributed by atoms with Crippen LogP contribution in [0.4, 0.5) is 26.3 Å². The average Bonchev–Trinajstić information content (AvgIpc) is 3.22. The number of halogens is 6. The molecule has 0 aromatic rings. The summed E-state index contributed by atoms with van der Waals surface area (Å²) in [5, 5.41) is 24.8. The van der Waals surface area contributed by atoms with Crippen LogP contribution < -0.4 is 11.6 Å². The number of likely N-dealkylation sites (tertiary alicyclic amines) is 1. The third-order valence-electron chi connectivity index (χ3n) is 4.56. The second-order valence-corrected chi connectivity index (χ2v) is 8.26. The van der Waals surface area contributed by atoms with Crippen LogP contribution in [-0.2, 0) is 19.2 Å². The number of carboxylic acid groups (broad SMARTS) is 2. The molecule has 0 aromatic carbocycles. The van der Waals surface area contributed by atoms with E-state index in [2.05, 4.69) is 6.07 Å². The minimum Gasteiger partial charge on any atom is -0.475 e. The Morgan fingerprint density at radius 1 is 1.03 bits per heavy atom. The molecule has 0 spiro atoms. The lowest BCUT2D eigenvalue weighted by Crippen LogP contribution is -2.53. The highest BCUT2D eigenvalue weighted by molar-refractivity contribution is 7.99. The van der Waals surface area contributed by atoms with Crippen LogP contribution in [-0.4, -0.2) is 111 Å². The zero-order valence-corrected chi connectivity index (χ0v) is 19.3. The average molecular weight is 554 g/mol. The first-order valence-electron chi connectivity index (χ1n) is 9.79. The largest absolute Gasteiger partial charge is 0.490 e. The molecule has 2 amide bonds. The van der Waals surface area contributed by atoms with Crippen molar-refractivity contribution in [2.45, 2.75) is 37.3 Å². The highest BCUT2D eigenvalue weighted by Gasteiger charge is 2.39. The summed E-state index contributed by atoms with van der Waals surface area (Å²) in [5.74, 6) is 1.32. The fraction of sp³-hybridized carbons (Fsp3) is 0.706. The molecule has 6 N–H and O–H groups in total. The van der Waals surface area contributed by atoms with Crippen LogP contribution in [0.3, 0.4) is 0 Å². The lowest BCUT2D eigenvalue weighted by molar-refractivity contribution is -0.193. The van der Waals surface area contributed by atoms with Crippen molar-refractivity contribution in [1.29, 1.82) is 5.26 Å². The monoisotopic (exact) mass is 554 g/mol. The topological polar surface area (TPSA) is 194 Å². The molecule has 2 rings (SSSR count). The minimum absolute atomic E-state index is 0.0985. The van der Waals surface area contributed by atoms with E-state index in [1.807, 2.05) is 4.90 Å². The van der Waals surface area contributed by atoms with Crippen molar-refractivity contribution >= 4 is 35.5 Å². The van der Waals surface area contributed by atoms with Crippen LogP contribution >= 0.6 is 11.8 Å². The smallest absolute Gasteiger partial charge is 0.475 e. The zero-order chi connectivity index (χ0) is 28.3. The first-order valence-corrected chi connectivity index (χ1v) is 10.9. The number of rotatable bonds is 5. The highest BCUT2D eigenvalue weighted by Crippen LogP contribution is 2.21. The number of nitrogens with two attached hydrogens (primary N) is 2. The molecular formula is C17H24F6N6O6S. The molecule has 206 valence electrons. The molecule has 2 aliphatic heterocycles. The molecule has 2 fully saturated rings. The van der Waals surface area contributed by atoms with E-state index in [1.165, 1.54) is 0 Å². The van der Waals surface area contributed by atoms with Crippen LogP contribution in [0, 0.1) is 11.3 Å². The molecule has 2 heterocycles. The van der Waals surface area contributed by atoms with Crippen LogP contribution in [0.25, 0.3) is 0 Å². The molecular weight excluding hydrogens is 530 g/mol. The number of thioether (sulfide) groups is 1. The van der Waals surface area contributed by atoms with Gasteiger partial charge in [-0.1, -0.05) is 0 Å². The number of hydrogen-bond donors (Lipinski definition) is 4. The highest BCUT2D eigenvalue weighted by atomic mass is 32.2. The number of hydrogen-bond acceptors (Lipinski definition) is 9. The maximum absolute atomic E-state index is 12.2. The summed E-state index contributed by atoms with van der Waals surface area (Å²) in [6, 6.07) is 1.92. The zero-order valence-electron chi connectivity index (χ0n) is 18.5. The van der Waals surface area contributed by atoms with Gasteiger partial charge in [0.2, 0.25) is 11.8 Å². The van der Waals surface area contributed by atoms with Gasteiger partial charge in [0.1, 0.15) is 6.04 Å². The molecule has 2 aliphatic rings. The van der Waals surface area contributed by atoms with Gasteiger partial charge in [-0.05, 0) is 12.8 Å². The number of alkyl halides is 6. The Morgan fingerprint density at radius 2 is 1.47 bits per heavy atom. The number of nitriles is 1. The number of amides is 2. The number of piperidine rings is 1. The Morgan fingerprint density at radius 3 is 1.83 bits per heavy atom. The van der Waals surface area contributed by atoms with Gasteiger partial charge in [0.25, 0.3) is 0 Å². The van der Waals surface area contributed by atoms with Gasteiger partial charge >= 0.3 is 24.3 Å². The molecule has 0 bridgehead atoms. The predicted octanol–water partition coefficient (Wildman–Crippen LogP) is -0.197. The summed E-state index contributed by atoms with van der Waals surface area (Å²) in [6.45, 7) is 1.88. The number of carboxylic acids is 2. The van der Waals surface area contributed by atoms with Crippen LogP contribution in [0.5, 0.6) is 0 Å². The quantitative estimate of drug-likeness (QED) is 0.200. The van der Waals surface area contributed by atoms with E-state index in [1.54, 1.807) is 21.7 Å². The number of aliphatic carboxylic acids is 2. The van der Waals surface area contributed by atoms with Crippen molar-refractivity contribution in [2.24, 2.45) is 11.6 Å². The van der Waals surface area contributed by atoms with E-state index < -0.39 is 24.3 Å². The summed E-state index contributed by atoms with van der Waals surface area (Å²) in [6.07, 6.45) is -8.57. The van der Waals surface area contributed by atoms with Gasteiger partial charge in [-0.3, -0.25) is 20.3 Å². The van der Waals surface area contributed by atoms with Gasteiger partial charge in [0, 0.05) is 24.9 Å². The molecule has 12 nitrogen and oxygen atoms in total. The second-order valence-electron chi connectivity index (χ2n) is 7.26. The van der Waals surface area contributed by atoms with Gasteiger partial charge in [0.15, 0.2) is 0 Å². The van der Waals surface area contributed by atoms with Crippen molar-refractivity contribution in [2.75, 3.05) is 37.8 Å². The molecule has 1 atom stereocenters. The lowest BCUT2D eigenvalue weighted by atomic mass is 10.0. The van der Waals surface area contributed by atoms with Gasteiger partial charge in [-0.15, -0.1) is 11.8 Å². The summed E-state index contributed by atoms with van der Waals surface area (Å²) in [5.41, 5.74) is 5.19. The van der Waals surface area contributed by atoms with Crippen LogP contribution in [0.15, 0.2) is 0 Å². The van der Waals surface area contributed by atoms with Crippen molar-refractivity contribution in [3.63, 3.8) is 0 Å². The van der Waals surface area contributed by atoms with E-state index >= 15 is 0 Å². The Labute approximate surface area is 204 Å². The van der Waals surface area contributed by atoms with Crippen molar-refractivity contribution in [3.05, 3.63) is 0 Å². The van der Waals surface area contributed by atoms with E-state index in [-0.39, 0.29) is 37.0 Å². The van der Waals surface area contributed by atoms with Gasteiger partial charge in [0.05, 0.1) is 25.0 Å². The Kier molecular flexibility index (Phi) is 13.5. The molecule has 19 heteroatoms. The standard InChI is InChI=1S/C13H22N6O2S.2C2HF3O2/c14-5-11-8-22-9-18(11)13(21)7-19(16)10-1-3-17(4-2-10)6-12(15)20;2*3-2(4,5)1(6)7/h10-11H,1-4,6-9,16H2,(H2,15,20);2*(H,6,7). The number of hydrazine groups is 1. The molecule has 0 aliphatic carbocycles. The molecule has 1 unspecified atom stereocenters. The SMILES string of the molecule is N#CC1CSCN1C(=O)CN(N)C1CCN(CC(N)=O)CC1.O=C(O)C(F)(F)F.O=C(O)C(F)(F)F. The van der Waals surface area contributed by atoms with E-state index in [9.17, 15) is 35.9 Å². The fourth-order valence-electron chi connectivity index (χ4n) is 2.80. The normalized spacial score (nSPS) is 18.9. The van der Waals surface area contributed by atoms with Crippen LogP contribution in [0.2, 0.25) is 0 Å². The van der Waals surface area contributed by atoms with E-state index in [4.69, 9.17) is 36.6 Å². The Balaban J connectivity index is 0.000000720. The third kappa shape index (κ3) is 12.8. The maximum Gasteiger partial charge on any atom is 0.490 e. The fourth-order valence-corrected chi connectivity index (χ4v) is 3.90. The maximum atomic E-state index is 12.2. The Hall–Kier alpha value is -2.82. The second kappa shape index (κ2) is 14.7. The van der Waals surface area contributed by atoms with Crippen LogP contribution in [0.1, 0.15) is 12.8 Å². The van der Waals surface area contributed by atoms with E-state index in [0.717, 1.165) is 25.9 Å². The number of carbonyl (C=O) groups excluding carboxylic acids is 2. The molecule has 2 saturated heterocycles. The molecule has 36 heavy (non-hydrogen) atoms. The lowest BCUT2D eigenvalue weighted by Gasteiger charge is -2.36. The number of nitrogens with zero attached hydrogens (tertiary/aromatic N) is 4. The van der Waals surface area contributed by atoms with Crippen molar-refractivity contribution < 1.29 is 55.7 Å². The minimum atomic E-state index is -5.08. The summed E-state index contributed by atoms with van der Waals surface area (Å²) in [4.78, 5) is 44.5. The first-order chi connectivity index (χ1) is 16.4. The molecule has 0 saturated carbocycles. The molecule has 0 aromatic heterocycles. The number of primary amides is 1. The van der Waals surface area contributed by atoms with E-state index in [0.29, 0.717) is 11.6 Å². The molecule has 0 radical (unpaired) electrons. The van der Waals surface area contributed by atoms with Gasteiger partial charge in [-0.25, -0.2) is 14.6 Å². The van der Waals surface area contributed by atoms with Crippen molar-refractivity contribution in [3.8, 4) is 6.07 Å². The van der Waals surface area contributed by atoms with Crippen molar-refractivity contribution in [1.82, 2.24) is 14.8 Å². The summed E-state index contributed by atoms with van der Waals surface area (Å²) < 4.78 is 63.5. The van der Waals surface area contributed by atoms with Gasteiger partial charge < -0.3 is 20.8 Å². The predicted molar refractivity (Wildman–Crippen MR) is 111 cm³/mol. The summed E-state index contributed by atoms with van der Waals surface area (Å²) in [7, 11) is 0. The Bertz CT molecular complexity index is 791. The first kappa shape index (κ1) is 33.2.